The van der Waals surface area contributed by atoms with Gasteiger partial charge in [-0.05, 0) is 58.4 Å². The second-order valence-corrected chi connectivity index (χ2v) is 8.90. The lowest BCUT2D eigenvalue weighted by molar-refractivity contribution is 0.400. The lowest BCUT2D eigenvalue weighted by Gasteiger charge is -2.15. The highest BCUT2D eigenvalue weighted by Gasteiger charge is 2.14. The van der Waals surface area contributed by atoms with E-state index in [-0.39, 0.29) is 0 Å². The maximum absolute atomic E-state index is 5.63. The Balaban J connectivity index is 1.87. The van der Waals surface area contributed by atoms with Crippen molar-refractivity contribution < 1.29 is 4.74 Å². The molecule has 4 rings (SSSR count). The van der Waals surface area contributed by atoms with Crippen molar-refractivity contribution in [3.63, 3.8) is 0 Å². The van der Waals surface area contributed by atoms with Crippen LogP contribution in [-0.2, 0) is 7.05 Å². The van der Waals surface area contributed by atoms with Gasteiger partial charge in [0.1, 0.15) is 0 Å². The van der Waals surface area contributed by atoms with E-state index in [1.54, 1.807) is 7.11 Å². The molecule has 0 aliphatic carbocycles. The van der Waals surface area contributed by atoms with Crippen LogP contribution in [0.25, 0.3) is 33.5 Å². The third-order valence-corrected chi connectivity index (χ3v) is 5.98. The van der Waals surface area contributed by atoms with Crippen LogP contribution in [0.1, 0.15) is 50.7 Å². The fourth-order valence-corrected chi connectivity index (χ4v) is 4.00. The van der Waals surface area contributed by atoms with Gasteiger partial charge in [0.05, 0.1) is 12.8 Å². The molecule has 0 atom stereocenters. The van der Waals surface area contributed by atoms with Gasteiger partial charge in [-0.25, -0.2) is 4.98 Å². The van der Waals surface area contributed by atoms with Crippen LogP contribution in [-0.4, -0.2) is 21.9 Å². The highest BCUT2D eigenvalue weighted by atomic mass is 16.5. The molecule has 4 heteroatoms. The van der Waals surface area contributed by atoms with Crippen LogP contribution < -0.4 is 4.74 Å². The van der Waals surface area contributed by atoms with Crippen molar-refractivity contribution >= 4 is 0 Å². The summed E-state index contributed by atoms with van der Waals surface area (Å²) >= 11 is 0. The van der Waals surface area contributed by atoms with E-state index in [9.17, 15) is 0 Å². The summed E-state index contributed by atoms with van der Waals surface area (Å²) in [4.78, 5) is 4.67. The van der Waals surface area contributed by atoms with E-state index < -0.39 is 0 Å². The van der Waals surface area contributed by atoms with Crippen LogP contribution in [0.4, 0.5) is 0 Å². The number of aromatic nitrogens is 3. The average molecular weight is 426 g/mol. The van der Waals surface area contributed by atoms with Gasteiger partial charge in [0.2, 0.25) is 5.88 Å². The minimum atomic E-state index is 0.412. The van der Waals surface area contributed by atoms with E-state index in [2.05, 4.69) is 92.4 Å². The molecule has 2 heterocycles. The Kier molecular flexibility index (Phi) is 6.13. The van der Waals surface area contributed by atoms with Gasteiger partial charge in [-0.1, -0.05) is 58.0 Å². The smallest absolute Gasteiger partial charge is 0.221 e. The molecule has 2 aromatic heterocycles. The van der Waals surface area contributed by atoms with E-state index in [1.807, 2.05) is 24.1 Å². The fraction of sp³-hybridized carbons (Fsp3) is 0.286. The normalized spacial score (nSPS) is 11.4. The molecule has 0 unspecified atom stereocenters. The maximum atomic E-state index is 5.63. The van der Waals surface area contributed by atoms with Gasteiger partial charge in [-0.15, -0.1) is 0 Å². The minimum Gasteiger partial charge on any atom is -0.481 e. The Morgan fingerprint density at radius 2 is 1.50 bits per heavy atom. The van der Waals surface area contributed by atoms with E-state index in [4.69, 9.17) is 4.74 Å². The van der Waals surface area contributed by atoms with E-state index >= 15 is 0 Å². The molecule has 4 nitrogen and oxygen atoms in total. The zero-order valence-electron chi connectivity index (χ0n) is 19.8. The second-order valence-electron chi connectivity index (χ2n) is 8.90. The van der Waals surface area contributed by atoms with Crippen molar-refractivity contribution in [3.05, 3.63) is 78.1 Å². The van der Waals surface area contributed by atoms with E-state index in [0.717, 1.165) is 33.5 Å². The number of nitrogens with zero attached hydrogens (tertiary/aromatic N) is 3. The van der Waals surface area contributed by atoms with Crippen LogP contribution in [0, 0.1) is 0 Å². The largest absolute Gasteiger partial charge is 0.481 e. The van der Waals surface area contributed by atoms with Gasteiger partial charge >= 0.3 is 0 Å². The highest BCUT2D eigenvalue weighted by molar-refractivity contribution is 5.78. The summed E-state index contributed by atoms with van der Waals surface area (Å²) in [6.45, 7) is 8.87. The Labute approximate surface area is 190 Å². The summed E-state index contributed by atoms with van der Waals surface area (Å²) < 4.78 is 7.54. The maximum Gasteiger partial charge on any atom is 0.221 e. The molecule has 0 radical (unpaired) electrons. The standard InChI is InChI=1S/C28H31N3O/c1-18(2)20-8-7-9-21(12-20)26-16-25(17-29-28(26)32-6)23-13-22(19(3)4)14-24(15-23)27-10-11-30-31(27)5/h7-19H,1-6H3. The molecule has 0 fully saturated rings. The lowest BCUT2D eigenvalue weighted by Crippen LogP contribution is -1.97. The molecule has 0 saturated carbocycles. The van der Waals surface area contributed by atoms with Crippen LogP contribution in [0.3, 0.4) is 0 Å². The van der Waals surface area contributed by atoms with Crippen LogP contribution in [0.5, 0.6) is 5.88 Å². The van der Waals surface area contributed by atoms with Crippen LogP contribution in [0.2, 0.25) is 0 Å². The monoisotopic (exact) mass is 425 g/mol. The zero-order valence-corrected chi connectivity index (χ0v) is 19.8. The number of aryl methyl sites for hydroxylation is 1. The van der Waals surface area contributed by atoms with Crippen molar-refractivity contribution in [2.24, 2.45) is 7.05 Å². The predicted octanol–water partition coefficient (Wildman–Crippen LogP) is 7.07. The summed E-state index contributed by atoms with van der Waals surface area (Å²) in [6, 6.07) is 19.6. The number of pyridine rings is 1. The molecular formula is C28H31N3O. The van der Waals surface area contributed by atoms with Crippen LogP contribution >= 0.6 is 0 Å². The highest BCUT2D eigenvalue weighted by Crippen LogP contribution is 2.36. The molecule has 0 bridgehead atoms. The second kappa shape index (κ2) is 8.99. The fourth-order valence-electron chi connectivity index (χ4n) is 4.00. The first-order valence-electron chi connectivity index (χ1n) is 11.2. The molecule has 0 saturated heterocycles. The molecule has 0 amide bonds. The predicted molar refractivity (Wildman–Crippen MR) is 132 cm³/mol. The van der Waals surface area contributed by atoms with Crippen molar-refractivity contribution in [1.29, 1.82) is 0 Å². The van der Waals surface area contributed by atoms with Crippen molar-refractivity contribution in [3.8, 4) is 39.4 Å². The number of benzene rings is 2. The first-order chi connectivity index (χ1) is 15.4. The van der Waals surface area contributed by atoms with Crippen molar-refractivity contribution in [1.82, 2.24) is 14.8 Å². The lowest BCUT2D eigenvalue weighted by atomic mass is 9.92. The summed E-state index contributed by atoms with van der Waals surface area (Å²) in [5.41, 5.74) is 9.18. The SMILES string of the molecule is COc1ncc(-c2cc(-c3ccnn3C)cc(C(C)C)c2)cc1-c1cccc(C(C)C)c1. The summed E-state index contributed by atoms with van der Waals surface area (Å²) in [6.07, 6.45) is 3.74. The van der Waals surface area contributed by atoms with Crippen molar-refractivity contribution in [2.45, 2.75) is 39.5 Å². The first kappa shape index (κ1) is 21.8. The molecular weight excluding hydrogens is 394 g/mol. The third kappa shape index (κ3) is 4.31. The van der Waals surface area contributed by atoms with Crippen molar-refractivity contribution in [2.75, 3.05) is 7.11 Å². The van der Waals surface area contributed by atoms with E-state index in [0.29, 0.717) is 17.7 Å². The number of hydrogen-bond acceptors (Lipinski definition) is 3. The molecule has 0 aliphatic rings. The third-order valence-electron chi connectivity index (χ3n) is 5.98. The molecule has 0 aliphatic heterocycles. The quantitative estimate of drug-likeness (QED) is 0.332. The zero-order chi connectivity index (χ0) is 22.8. The first-order valence-corrected chi connectivity index (χ1v) is 11.2. The number of ether oxygens (including phenoxy) is 1. The van der Waals surface area contributed by atoms with Gasteiger partial charge in [0, 0.05) is 36.1 Å². The molecule has 164 valence electrons. The molecule has 0 spiro atoms. The Morgan fingerprint density at radius 3 is 2.16 bits per heavy atom. The van der Waals surface area contributed by atoms with Gasteiger partial charge in [0.15, 0.2) is 0 Å². The Bertz CT molecular complexity index is 1240. The Hall–Kier alpha value is -3.40. The molecule has 0 N–H and O–H groups in total. The molecule has 2 aromatic carbocycles. The minimum absolute atomic E-state index is 0.412. The number of methoxy groups -OCH3 is 1. The van der Waals surface area contributed by atoms with Gasteiger partial charge in [0.25, 0.3) is 0 Å². The number of rotatable bonds is 6. The van der Waals surface area contributed by atoms with E-state index in [1.165, 1.54) is 11.1 Å². The summed E-state index contributed by atoms with van der Waals surface area (Å²) in [7, 11) is 3.66. The Morgan fingerprint density at radius 1 is 0.781 bits per heavy atom. The van der Waals surface area contributed by atoms with Crippen LogP contribution in [0.15, 0.2) is 67.0 Å². The van der Waals surface area contributed by atoms with Gasteiger partial charge in [-0.3, -0.25) is 4.68 Å². The van der Waals surface area contributed by atoms with Gasteiger partial charge < -0.3 is 4.74 Å². The van der Waals surface area contributed by atoms with Gasteiger partial charge in [-0.2, -0.15) is 5.10 Å². The summed E-state index contributed by atoms with van der Waals surface area (Å²) in [5.74, 6) is 1.51. The molecule has 32 heavy (non-hydrogen) atoms. The molecule has 4 aromatic rings. The summed E-state index contributed by atoms with van der Waals surface area (Å²) in [5, 5.41) is 4.36. The number of hydrogen-bond donors (Lipinski definition) is 0. The average Bonchev–Trinajstić information content (AvgIpc) is 3.24. The topological polar surface area (TPSA) is 39.9 Å².